The van der Waals surface area contributed by atoms with E-state index in [0.29, 0.717) is 6.54 Å². The monoisotopic (exact) mass is 207 g/mol. The molecule has 0 saturated heterocycles. The van der Waals surface area contributed by atoms with Gasteiger partial charge in [-0.25, -0.2) is 0 Å². The molecule has 84 valence electrons. The third-order valence-electron chi connectivity index (χ3n) is 3.42. The van der Waals surface area contributed by atoms with E-state index in [4.69, 9.17) is 10.5 Å². The molecule has 0 aliphatic carbocycles. The predicted octanol–water partition coefficient (Wildman–Crippen LogP) is 2.71. The van der Waals surface area contributed by atoms with Crippen molar-refractivity contribution < 1.29 is 4.74 Å². The number of nitrogens with two attached hydrogens (primary N) is 1. The third-order valence-corrected chi connectivity index (χ3v) is 3.42. The molecule has 0 fully saturated rings. The van der Waals surface area contributed by atoms with E-state index in [-0.39, 0.29) is 5.41 Å². The fourth-order valence-corrected chi connectivity index (χ4v) is 2.11. The second kappa shape index (κ2) is 5.17. The molecule has 0 bridgehead atoms. The number of hydrogen-bond donors (Lipinski definition) is 1. The highest BCUT2D eigenvalue weighted by Gasteiger charge is 2.29. The Hall–Kier alpha value is -1.02. The van der Waals surface area contributed by atoms with Gasteiger partial charge in [-0.3, -0.25) is 0 Å². The van der Waals surface area contributed by atoms with Crippen LogP contribution in [-0.2, 0) is 5.41 Å². The Labute approximate surface area is 92.4 Å². The predicted molar refractivity (Wildman–Crippen MR) is 64.3 cm³/mol. The van der Waals surface area contributed by atoms with E-state index in [0.717, 1.165) is 18.6 Å². The first kappa shape index (κ1) is 12.1. The zero-order valence-electron chi connectivity index (χ0n) is 9.92. The number of methoxy groups -OCH3 is 1. The molecule has 0 spiro atoms. The molecule has 2 heteroatoms. The van der Waals surface area contributed by atoms with Crippen molar-refractivity contribution in [2.45, 2.75) is 32.1 Å². The Morgan fingerprint density at radius 1 is 1.20 bits per heavy atom. The molecule has 0 aliphatic heterocycles. The fraction of sp³-hybridized carbons (Fsp3) is 0.538. The highest BCUT2D eigenvalue weighted by Crippen LogP contribution is 2.36. The summed E-state index contributed by atoms with van der Waals surface area (Å²) in [6.07, 6.45) is 2.08. The van der Waals surface area contributed by atoms with Gasteiger partial charge < -0.3 is 10.5 Å². The van der Waals surface area contributed by atoms with E-state index in [9.17, 15) is 0 Å². The van der Waals surface area contributed by atoms with Crippen molar-refractivity contribution in [3.05, 3.63) is 29.8 Å². The average Bonchev–Trinajstić information content (AvgIpc) is 2.33. The molecule has 0 aliphatic rings. The van der Waals surface area contributed by atoms with Gasteiger partial charge in [-0.05, 0) is 18.9 Å². The molecule has 1 aromatic carbocycles. The van der Waals surface area contributed by atoms with Crippen molar-refractivity contribution in [2.24, 2.45) is 5.73 Å². The first-order chi connectivity index (χ1) is 7.24. The molecular formula is C13H21NO. The van der Waals surface area contributed by atoms with Gasteiger partial charge in [0.1, 0.15) is 5.75 Å². The van der Waals surface area contributed by atoms with Gasteiger partial charge >= 0.3 is 0 Å². The summed E-state index contributed by atoms with van der Waals surface area (Å²) in [5.74, 6) is 0.951. The van der Waals surface area contributed by atoms with Gasteiger partial charge in [0, 0.05) is 17.5 Å². The Bertz CT molecular complexity index is 297. The standard InChI is InChI=1S/C13H21NO/c1-4-13(5-2,10-14)11-8-6-7-9-12(11)15-3/h6-9H,4-5,10,14H2,1-3H3. The van der Waals surface area contributed by atoms with Crippen molar-refractivity contribution in [3.63, 3.8) is 0 Å². The number of para-hydroxylation sites is 1. The van der Waals surface area contributed by atoms with E-state index in [1.165, 1.54) is 5.56 Å². The van der Waals surface area contributed by atoms with Crippen molar-refractivity contribution in [2.75, 3.05) is 13.7 Å². The van der Waals surface area contributed by atoms with Crippen molar-refractivity contribution in [1.82, 2.24) is 0 Å². The van der Waals surface area contributed by atoms with E-state index >= 15 is 0 Å². The van der Waals surface area contributed by atoms with Gasteiger partial charge in [0.15, 0.2) is 0 Å². The molecule has 0 radical (unpaired) electrons. The molecular weight excluding hydrogens is 186 g/mol. The summed E-state index contributed by atoms with van der Waals surface area (Å²) in [6, 6.07) is 8.17. The highest BCUT2D eigenvalue weighted by atomic mass is 16.5. The van der Waals surface area contributed by atoms with Gasteiger partial charge in [-0.15, -0.1) is 0 Å². The molecule has 1 aromatic rings. The van der Waals surface area contributed by atoms with Crippen LogP contribution in [0, 0.1) is 0 Å². The van der Waals surface area contributed by atoms with Gasteiger partial charge in [-0.2, -0.15) is 0 Å². The molecule has 0 amide bonds. The Morgan fingerprint density at radius 2 is 1.80 bits per heavy atom. The van der Waals surface area contributed by atoms with Crippen LogP contribution in [0.25, 0.3) is 0 Å². The number of ether oxygens (including phenoxy) is 1. The number of benzene rings is 1. The minimum absolute atomic E-state index is 0.0621. The molecule has 0 saturated carbocycles. The maximum absolute atomic E-state index is 5.93. The maximum atomic E-state index is 5.93. The lowest BCUT2D eigenvalue weighted by Gasteiger charge is -2.32. The summed E-state index contributed by atoms with van der Waals surface area (Å²) in [4.78, 5) is 0. The first-order valence-corrected chi connectivity index (χ1v) is 5.57. The SMILES string of the molecule is CCC(CC)(CN)c1ccccc1OC. The van der Waals surface area contributed by atoms with Gasteiger partial charge in [0.2, 0.25) is 0 Å². The number of rotatable bonds is 5. The van der Waals surface area contributed by atoms with Crippen LogP contribution in [0.4, 0.5) is 0 Å². The van der Waals surface area contributed by atoms with Crippen LogP contribution in [0.5, 0.6) is 5.75 Å². The molecule has 1 rings (SSSR count). The maximum Gasteiger partial charge on any atom is 0.122 e. The summed E-state index contributed by atoms with van der Waals surface area (Å²) in [5.41, 5.74) is 7.23. The minimum atomic E-state index is 0.0621. The summed E-state index contributed by atoms with van der Waals surface area (Å²) in [5, 5.41) is 0. The molecule has 0 aromatic heterocycles. The van der Waals surface area contributed by atoms with E-state index in [1.54, 1.807) is 7.11 Å². The van der Waals surface area contributed by atoms with E-state index in [1.807, 2.05) is 18.2 Å². The van der Waals surface area contributed by atoms with Gasteiger partial charge in [0.05, 0.1) is 7.11 Å². The van der Waals surface area contributed by atoms with Crippen LogP contribution in [0.15, 0.2) is 24.3 Å². The lowest BCUT2D eigenvalue weighted by atomic mass is 9.75. The van der Waals surface area contributed by atoms with Crippen molar-refractivity contribution in [1.29, 1.82) is 0 Å². The quantitative estimate of drug-likeness (QED) is 0.805. The lowest BCUT2D eigenvalue weighted by Crippen LogP contribution is -2.34. The molecule has 0 atom stereocenters. The fourth-order valence-electron chi connectivity index (χ4n) is 2.11. The van der Waals surface area contributed by atoms with E-state index in [2.05, 4.69) is 19.9 Å². The summed E-state index contributed by atoms with van der Waals surface area (Å²) < 4.78 is 5.40. The van der Waals surface area contributed by atoms with Crippen LogP contribution < -0.4 is 10.5 Å². The minimum Gasteiger partial charge on any atom is -0.496 e. The Morgan fingerprint density at radius 3 is 2.27 bits per heavy atom. The second-order valence-electron chi connectivity index (χ2n) is 3.89. The lowest BCUT2D eigenvalue weighted by molar-refractivity contribution is 0.360. The Kier molecular flexibility index (Phi) is 4.15. The summed E-state index contributed by atoms with van der Waals surface area (Å²) >= 11 is 0. The largest absolute Gasteiger partial charge is 0.496 e. The normalized spacial score (nSPS) is 11.5. The van der Waals surface area contributed by atoms with Crippen LogP contribution in [-0.4, -0.2) is 13.7 Å². The molecule has 15 heavy (non-hydrogen) atoms. The first-order valence-electron chi connectivity index (χ1n) is 5.57. The molecule has 2 N–H and O–H groups in total. The van der Waals surface area contributed by atoms with E-state index < -0.39 is 0 Å². The van der Waals surface area contributed by atoms with Crippen LogP contribution in [0.1, 0.15) is 32.3 Å². The van der Waals surface area contributed by atoms with Crippen molar-refractivity contribution >= 4 is 0 Å². The zero-order valence-corrected chi connectivity index (χ0v) is 9.92. The van der Waals surface area contributed by atoms with Crippen molar-refractivity contribution in [3.8, 4) is 5.75 Å². The third kappa shape index (κ3) is 2.15. The summed E-state index contributed by atoms with van der Waals surface area (Å²) in [6.45, 7) is 5.03. The smallest absolute Gasteiger partial charge is 0.122 e. The van der Waals surface area contributed by atoms with Crippen LogP contribution >= 0.6 is 0 Å². The van der Waals surface area contributed by atoms with Gasteiger partial charge in [0.25, 0.3) is 0 Å². The molecule has 0 heterocycles. The molecule has 0 unspecified atom stereocenters. The highest BCUT2D eigenvalue weighted by molar-refractivity contribution is 5.39. The van der Waals surface area contributed by atoms with Crippen LogP contribution in [0.2, 0.25) is 0 Å². The Balaban J connectivity index is 3.21. The second-order valence-corrected chi connectivity index (χ2v) is 3.89. The van der Waals surface area contributed by atoms with Crippen LogP contribution in [0.3, 0.4) is 0 Å². The summed E-state index contributed by atoms with van der Waals surface area (Å²) in [7, 11) is 1.71. The average molecular weight is 207 g/mol. The number of hydrogen-bond acceptors (Lipinski definition) is 2. The van der Waals surface area contributed by atoms with Gasteiger partial charge in [-0.1, -0.05) is 32.0 Å². The zero-order chi connectivity index (χ0) is 11.3. The molecule has 2 nitrogen and oxygen atoms in total. The topological polar surface area (TPSA) is 35.2 Å².